The minimum absolute atomic E-state index is 0.0625. The molecule has 0 radical (unpaired) electrons. The Morgan fingerprint density at radius 1 is 1.50 bits per heavy atom. The van der Waals surface area contributed by atoms with Gasteiger partial charge in [0, 0.05) is 5.56 Å². The number of ketones is 1. The van der Waals surface area contributed by atoms with Gasteiger partial charge in [-0.15, -0.1) is 0 Å². The van der Waals surface area contributed by atoms with Gasteiger partial charge in [0.25, 0.3) is 6.43 Å². The maximum Gasteiger partial charge on any atom is 0.264 e. The summed E-state index contributed by atoms with van der Waals surface area (Å²) in [5, 5.41) is 8.83. The van der Waals surface area contributed by atoms with Crippen molar-refractivity contribution in [3.05, 3.63) is 34.9 Å². The van der Waals surface area contributed by atoms with E-state index in [-0.39, 0.29) is 22.5 Å². The number of benzene rings is 1. The molecule has 0 aliphatic heterocycles. The standard InChI is InChI=1S/C11H8BrF2NO/c1-6(16)10(12)9-7(5-15)3-2-4-8(9)11(13)14/h2-4,10-11H,1H3. The molecule has 0 bridgehead atoms. The lowest BCUT2D eigenvalue weighted by Crippen LogP contribution is -2.07. The van der Waals surface area contributed by atoms with Crippen molar-refractivity contribution in [1.29, 1.82) is 5.26 Å². The van der Waals surface area contributed by atoms with Crippen LogP contribution in [0.15, 0.2) is 18.2 Å². The van der Waals surface area contributed by atoms with Gasteiger partial charge in [0.2, 0.25) is 0 Å². The normalized spacial score (nSPS) is 12.2. The van der Waals surface area contributed by atoms with Gasteiger partial charge in [-0.1, -0.05) is 28.1 Å². The largest absolute Gasteiger partial charge is 0.298 e. The Balaban J connectivity index is 3.43. The van der Waals surface area contributed by atoms with Crippen molar-refractivity contribution in [3.8, 4) is 6.07 Å². The van der Waals surface area contributed by atoms with Crippen molar-refractivity contribution in [3.63, 3.8) is 0 Å². The Morgan fingerprint density at radius 3 is 2.56 bits per heavy atom. The molecule has 2 nitrogen and oxygen atoms in total. The minimum atomic E-state index is -2.71. The van der Waals surface area contributed by atoms with Crippen LogP contribution in [0.3, 0.4) is 0 Å². The summed E-state index contributed by atoms with van der Waals surface area (Å²) < 4.78 is 25.5. The molecule has 0 saturated carbocycles. The number of hydrogen-bond acceptors (Lipinski definition) is 2. The second kappa shape index (κ2) is 5.17. The van der Waals surface area contributed by atoms with E-state index in [9.17, 15) is 13.6 Å². The average molecular weight is 288 g/mol. The molecule has 0 aromatic heterocycles. The van der Waals surface area contributed by atoms with Gasteiger partial charge in [-0.05, 0) is 18.6 Å². The predicted molar refractivity (Wildman–Crippen MR) is 58.5 cm³/mol. The fraction of sp³-hybridized carbons (Fsp3) is 0.273. The van der Waals surface area contributed by atoms with E-state index in [0.29, 0.717) is 0 Å². The van der Waals surface area contributed by atoms with Crippen molar-refractivity contribution in [2.24, 2.45) is 0 Å². The lowest BCUT2D eigenvalue weighted by molar-refractivity contribution is -0.116. The monoisotopic (exact) mass is 287 g/mol. The minimum Gasteiger partial charge on any atom is -0.298 e. The fourth-order valence-corrected chi connectivity index (χ4v) is 1.87. The zero-order valence-corrected chi connectivity index (χ0v) is 9.96. The molecule has 1 rings (SSSR count). The van der Waals surface area contributed by atoms with Crippen LogP contribution in [-0.4, -0.2) is 5.78 Å². The Bertz CT molecular complexity index is 454. The molecule has 0 aliphatic carbocycles. The molecule has 1 atom stereocenters. The van der Waals surface area contributed by atoms with Crippen molar-refractivity contribution in [2.75, 3.05) is 0 Å². The van der Waals surface area contributed by atoms with E-state index in [1.165, 1.54) is 25.1 Å². The highest BCUT2D eigenvalue weighted by molar-refractivity contribution is 9.09. The summed E-state index contributed by atoms with van der Waals surface area (Å²) in [5.74, 6) is -0.315. The van der Waals surface area contributed by atoms with Gasteiger partial charge in [-0.25, -0.2) is 8.78 Å². The summed E-state index contributed by atoms with van der Waals surface area (Å²) in [7, 11) is 0. The van der Waals surface area contributed by atoms with Gasteiger partial charge >= 0.3 is 0 Å². The Kier molecular flexibility index (Phi) is 4.13. The highest BCUT2D eigenvalue weighted by atomic mass is 79.9. The first kappa shape index (κ1) is 12.8. The first-order chi connectivity index (χ1) is 7.49. The van der Waals surface area contributed by atoms with Crippen molar-refractivity contribution < 1.29 is 13.6 Å². The number of halogens is 3. The third-order valence-electron chi connectivity index (χ3n) is 2.11. The van der Waals surface area contributed by atoms with Gasteiger partial charge in [-0.3, -0.25) is 4.79 Å². The SMILES string of the molecule is CC(=O)C(Br)c1c(C#N)cccc1C(F)F. The van der Waals surface area contributed by atoms with Gasteiger partial charge in [0.15, 0.2) is 0 Å². The Labute approximate surface area is 100 Å². The van der Waals surface area contributed by atoms with Crippen molar-refractivity contribution in [1.82, 2.24) is 0 Å². The molecule has 0 heterocycles. The van der Waals surface area contributed by atoms with Crippen LogP contribution in [0.1, 0.15) is 34.9 Å². The second-order valence-electron chi connectivity index (χ2n) is 3.19. The summed E-state index contributed by atoms with van der Waals surface area (Å²) >= 11 is 3.03. The van der Waals surface area contributed by atoms with E-state index in [1.54, 1.807) is 0 Å². The lowest BCUT2D eigenvalue weighted by atomic mass is 9.97. The van der Waals surface area contributed by atoms with Gasteiger partial charge in [0.05, 0.1) is 16.5 Å². The third kappa shape index (κ3) is 2.45. The van der Waals surface area contributed by atoms with Gasteiger partial charge in [0.1, 0.15) is 5.78 Å². The van der Waals surface area contributed by atoms with Gasteiger partial charge < -0.3 is 0 Å². The highest BCUT2D eigenvalue weighted by Crippen LogP contribution is 2.34. The second-order valence-corrected chi connectivity index (χ2v) is 4.11. The number of rotatable bonds is 3. The number of alkyl halides is 3. The molecule has 0 fully saturated rings. The number of carbonyl (C=O) groups is 1. The molecule has 5 heteroatoms. The topological polar surface area (TPSA) is 40.9 Å². The molecule has 0 spiro atoms. The molecular formula is C11H8BrF2NO. The zero-order chi connectivity index (χ0) is 12.3. The quantitative estimate of drug-likeness (QED) is 0.798. The fourth-order valence-electron chi connectivity index (χ4n) is 1.36. The van der Waals surface area contributed by atoms with Gasteiger partial charge in [-0.2, -0.15) is 5.26 Å². The summed E-state index contributed by atoms with van der Waals surface area (Å²) in [4.78, 5) is 10.3. The van der Waals surface area contributed by atoms with E-state index in [2.05, 4.69) is 15.9 Å². The van der Waals surface area contributed by atoms with E-state index < -0.39 is 11.3 Å². The van der Waals surface area contributed by atoms with Crippen LogP contribution < -0.4 is 0 Å². The first-order valence-electron chi connectivity index (χ1n) is 4.44. The van der Waals surface area contributed by atoms with Crippen molar-refractivity contribution in [2.45, 2.75) is 18.2 Å². The van der Waals surface area contributed by atoms with E-state index in [1.807, 2.05) is 6.07 Å². The summed E-state index contributed by atoms with van der Waals surface area (Å²) in [6.07, 6.45) is -2.71. The molecular weight excluding hydrogens is 280 g/mol. The Hall–Kier alpha value is -1.28. The molecule has 0 N–H and O–H groups in total. The third-order valence-corrected chi connectivity index (χ3v) is 3.21. The summed E-state index contributed by atoms with van der Waals surface area (Å²) in [5.41, 5.74) is -0.126. The Morgan fingerprint density at radius 2 is 2.12 bits per heavy atom. The highest BCUT2D eigenvalue weighted by Gasteiger charge is 2.24. The van der Waals surface area contributed by atoms with Crippen LogP contribution in [-0.2, 0) is 4.79 Å². The molecule has 0 saturated heterocycles. The van der Waals surface area contributed by atoms with Crippen molar-refractivity contribution >= 4 is 21.7 Å². The number of hydrogen-bond donors (Lipinski definition) is 0. The van der Waals surface area contributed by atoms with Crippen LogP contribution >= 0.6 is 15.9 Å². The first-order valence-corrected chi connectivity index (χ1v) is 5.36. The van der Waals surface area contributed by atoms with E-state index >= 15 is 0 Å². The lowest BCUT2D eigenvalue weighted by Gasteiger charge is -2.13. The maximum atomic E-state index is 12.7. The number of nitrogens with zero attached hydrogens (tertiary/aromatic N) is 1. The summed E-state index contributed by atoms with van der Waals surface area (Å²) in [6.45, 7) is 1.28. The van der Waals surface area contributed by atoms with E-state index in [0.717, 1.165) is 0 Å². The zero-order valence-electron chi connectivity index (χ0n) is 8.38. The number of carbonyl (C=O) groups excluding carboxylic acids is 1. The molecule has 1 aromatic rings. The van der Waals surface area contributed by atoms with Crippen LogP contribution in [0.4, 0.5) is 8.78 Å². The number of nitriles is 1. The number of Topliss-reactive ketones (excluding diaryl/α,β-unsaturated/α-hetero) is 1. The molecule has 84 valence electrons. The average Bonchev–Trinajstić information content (AvgIpc) is 2.26. The molecule has 0 amide bonds. The van der Waals surface area contributed by atoms with Crippen LogP contribution in [0, 0.1) is 11.3 Å². The van der Waals surface area contributed by atoms with Crippen LogP contribution in [0.25, 0.3) is 0 Å². The maximum absolute atomic E-state index is 12.7. The molecule has 0 aliphatic rings. The molecule has 16 heavy (non-hydrogen) atoms. The molecule has 1 aromatic carbocycles. The van der Waals surface area contributed by atoms with E-state index in [4.69, 9.17) is 5.26 Å². The van der Waals surface area contributed by atoms with Crippen LogP contribution in [0.2, 0.25) is 0 Å². The summed E-state index contributed by atoms with van der Waals surface area (Å²) in [6, 6.07) is 5.82. The van der Waals surface area contributed by atoms with Crippen LogP contribution in [0.5, 0.6) is 0 Å². The smallest absolute Gasteiger partial charge is 0.264 e. The predicted octanol–water partition coefficient (Wildman–Crippen LogP) is 3.52. The molecule has 1 unspecified atom stereocenters.